The van der Waals surface area contributed by atoms with E-state index in [4.69, 9.17) is 43.4 Å². The Morgan fingerprint density at radius 3 is 1.25 bits per heavy atom. The zero-order valence-electron chi connectivity index (χ0n) is 67.9. The van der Waals surface area contributed by atoms with Crippen LogP contribution in [-0.2, 0) is 62.0 Å². The van der Waals surface area contributed by atoms with Crippen LogP contribution in [0, 0.1) is 20.8 Å². The molecule has 0 saturated carbocycles. The Labute approximate surface area is 684 Å². The second-order valence-electron chi connectivity index (χ2n) is 31.3. The molecule has 6 N–H and O–H groups in total. The molecule has 12 amide bonds. The lowest BCUT2D eigenvalue weighted by Crippen LogP contribution is -2.54. The van der Waals surface area contributed by atoms with Crippen molar-refractivity contribution in [3.8, 4) is 17.2 Å². The van der Waals surface area contributed by atoms with Crippen LogP contribution in [0.1, 0.15) is 176 Å². The Hall–Kier alpha value is -12.6. The minimum absolute atomic E-state index is 0.00326. The van der Waals surface area contributed by atoms with E-state index in [2.05, 4.69) is 31.2 Å². The molecule has 0 bridgehead atoms. The van der Waals surface area contributed by atoms with Gasteiger partial charge in [-0.05, 0) is 208 Å². The molecule has 38 heteroatoms. The number of hydrogen-bond donors (Lipinski definition) is 5. The Morgan fingerprint density at radius 1 is 0.475 bits per heavy atom. The second-order valence-corrected chi connectivity index (χ2v) is 32.4. The number of aryl methyl sites for hydroxylation is 3. The predicted octanol–water partition coefficient (Wildman–Crippen LogP) is 11.5. The molecule has 13 rings (SSSR count). The zero-order valence-corrected chi connectivity index (χ0v) is 69.5. The number of benzene rings is 4. The van der Waals surface area contributed by atoms with E-state index in [-0.39, 0.29) is 79.3 Å². The summed E-state index contributed by atoms with van der Waals surface area (Å²) in [6, 6.07) is 16.2. The Morgan fingerprint density at radius 2 is 0.856 bits per heavy atom. The lowest BCUT2D eigenvalue weighted by molar-refractivity contribution is -0.151. The summed E-state index contributed by atoms with van der Waals surface area (Å²) in [7, 11) is 0. The fourth-order valence-electron chi connectivity index (χ4n) is 11.4. The van der Waals surface area contributed by atoms with Gasteiger partial charge in [-0.25, -0.2) is 43.5 Å². The first-order chi connectivity index (χ1) is 55.0. The monoisotopic (exact) mass is 1700 g/mol. The highest BCUT2D eigenvalue weighted by Crippen LogP contribution is 2.33. The van der Waals surface area contributed by atoms with E-state index in [1.165, 1.54) is 57.4 Å². The maximum Gasteiger partial charge on any atom is 0.424 e. The zero-order chi connectivity index (χ0) is 87.8. The number of alkyl halides is 1. The van der Waals surface area contributed by atoms with E-state index < -0.39 is 128 Å². The van der Waals surface area contributed by atoms with Crippen molar-refractivity contribution in [3.05, 3.63) is 148 Å². The van der Waals surface area contributed by atoms with Crippen LogP contribution >= 0.6 is 15.9 Å². The highest BCUT2D eigenvalue weighted by Gasteiger charge is 2.46. The molecule has 0 aliphatic carbocycles. The molecule has 8 aromatic rings. The number of phenolic OH excluding ortho intramolecular Hbond substituents is 3. The number of carbonyl (C=O) groups is 13. The summed E-state index contributed by atoms with van der Waals surface area (Å²) >= 11 is 3.12. The fraction of sp³-hybridized carbons (Fsp3) is 0.438. The van der Waals surface area contributed by atoms with Crippen LogP contribution in [-0.4, -0.2) is 187 Å². The van der Waals surface area contributed by atoms with Crippen molar-refractivity contribution in [2.75, 3.05) is 24.3 Å². The summed E-state index contributed by atoms with van der Waals surface area (Å²) in [5, 5.41) is 31.3. The third-order valence-corrected chi connectivity index (χ3v) is 17.6. The Bertz CT molecular complexity index is 4960. The highest BCUT2D eigenvalue weighted by molar-refractivity contribution is 9.10. The number of fused-ring (bicyclic) bond motifs is 2. The van der Waals surface area contributed by atoms with Crippen LogP contribution in [0.25, 0.3) is 22.2 Å². The number of hydrogen-bond acceptors (Lipinski definition) is 29. The van der Waals surface area contributed by atoms with Gasteiger partial charge in [0.1, 0.15) is 70.4 Å². The van der Waals surface area contributed by atoms with Crippen molar-refractivity contribution < 1.29 is 110 Å². The minimum atomic E-state index is -1.08. The second kappa shape index (κ2) is 39.4. The van der Waals surface area contributed by atoms with E-state index in [9.17, 15) is 82.1 Å². The van der Waals surface area contributed by atoms with Crippen LogP contribution in [0.3, 0.4) is 0 Å². The highest BCUT2D eigenvalue weighted by atomic mass is 79.9. The SMILES string of the molecule is C1CCOC1.CC(C)(C)OC(=O)N1C(=O)CCC(Br)C1=O.CC(C)(C)OC(=O)N1C(=O)CCC(n2c(=O)oc3cc(O)ccc32)C1=O.Cc1ccc(NC2CCC(=O)N(C(=O)OC(C)(C)C)C2=O)c(O)c1.Cc1ccc(O)c(N)c1.Cc1ccc2c(c1)oc(=O)n2C1CCC(=O)N(C(=O)OC(C)(C)C)C1=O.O=C(n1ccnc1)n1ccnc1. The molecule has 634 valence electrons. The first-order valence-electron chi connectivity index (χ1n) is 37.2. The summed E-state index contributed by atoms with van der Waals surface area (Å²) in [6.45, 7) is 27.4. The standard InChI is InChI=1S/C18H20N2O6.C17H18N2O7.C17H22N2O5.C10H14BrNO4.C7H6N4O.C7H9NO.C4H8O/c1-10-5-6-11-13(9-10)25-16(23)19(11)12-7-8-14(21)20(15(12)22)17(24)26-18(2,3)4;1-17(2,3)26-16(24)19-13(21)7-6-11(14(19)22)18-10-5-4-9(20)8-12(10)25-15(18)23;1-10-5-6-11(13(20)9-10)18-12-7-8-14(21)19(15(12)22)16(23)24-17(2,3)4;1-10(2,3)16-9(15)12-7(13)5-4-6(11)8(12)14;12-7(10-3-1-8-5-10)11-4-2-9-6-11;1-5-2-3-7(9)6(8)4-5;1-2-4-5-3-1/h5-6,9,12H,7-8H2,1-4H3;4-5,8,11,20H,6-7H2,1-3H3;5-6,9,12,18,20H,7-8H2,1-4H3;6H,4-5H2,1-3H3;1-6H;2-4,9H,8H2,1H3;1-4H2. The molecule has 5 aliphatic heterocycles. The fourth-order valence-corrected chi connectivity index (χ4v) is 11.9. The summed E-state index contributed by atoms with van der Waals surface area (Å²) in [4.78, 5) is 191. The van der Waals surface area contributed by atoms with Crippen molar-refractivity contribution in [3.63, 3.8) is 0 Å². The molecule has 5 aliphatic rings. The number of halogens is 1. The van der Waals surface area contributed by atoms with Crippen molar-refractivity contribution >= 4 is 127 Å². The van der Waals surface area contributed by atoms with Gasteiger partial charge in [0.25, 0.3) is 23.6 Å². The van der Waals surface area contributed by atoms with E-state index in [1.807, 2.05) is 26.8 Å². The number of imidazole rings is 2. The lowest BCUT2D eigenvalue weighted by Gasteiger charge is -2.31. The maximum absolute atomic E-state index is 12.8. The van der Waals surface area contributed by atoms with Crippen LogP contribution in [0.2, 0.25) is 0 Å². The molecule has 0 spiro atoms. The van der Waals surface area contributed by atoms with Gasteiger partial charge in [0.15, 0.2) is 11.2 Å². The number of amides is 12. The predicted molar refractivity (Wildman–Crippen MR) is 426 cm³/mol. The number of nitrogens with one attached hydrogen (secondary N) is 1. The van der Waals surface area contributed by atoms with E-state index in [0.29, 0.717) is 48.5 Å². The molecule has 9 heterocycles. The van der Waals surface area contributed by atoms with Gasteiger partial charge >= 0.3 is 41.9 Å². The molecule has 5 fully saturated rings. The average Bonchev–Trinajstić information content (AvgIpc) is 1.59. The van der Waals surface area contributed by atoms with Gasteiger partial charge in [-0.15, -0.1) is 0 Å². The number of ether oxygens (including phenoxy) is 5. The number of oxazole rings is 2. The summed E-state index contributed by atoms with van der Waals surface area (Å²) < 4.78 is 40.6. The first-order valence-corrected chi connectivity index (χ1v) is 38.1. The minimum Gasteiger partial charge on any atom is -0.508 e. The lowest BCUT2D eigenvalue weighted by atomic mass is 10.0. The third-order valence-electron chi connectivity index (χ3n) is 16.8. The van der Waals surface area contributed by atoms with Crippen LogP contribution in [0.5, 0.6) is 17.2 Å². The van der Waals surface area contributed by atoms with Gasteiger partial charge in [-0.2, -0.15) is 19.6 Å². The number of imide groups is 12. The van der Waals surface area contributed by atoms with Crippen molar-refractivity contribution in [1.82, 2.24) is 47.8 Å². The number of rotatable bonds is 4. The number of likely N-dealkylation sites (tertiary alicyclic amines) is 4. The van der Waals surface area contributed by atoms with Gasteiger partial charge in [0.05, 0.1) is 27.2 Å². The van der Waals surface area contributed by atoms with Crippen LogP contribution in [0.4, 0.5) is 35.3 Å². The molecule has 0 radical (unpaired) electrons. The van der Waals surface area contributed by atoms with E-state index in [1.54, 1.807) is 156 Å². The normalized spacial score (nSPS) is 17.7. The van der Waals surface area contributed by atoms with Crippen molar-refractivity contribution in [1.29, 1.82) is 0 Å². The maximum atomic E-state index is 12.8. The number of aromatic nitrogens is 6. The summed E-state index contributed by atoms with van der Waals surface area (Å²) in [5.74, 6) is -6.75. The number of carbonyl (C=O) groups excluding carboxylic acids is 13. The van der Waals surface area contributed by atoms with Gasteiger partial charge in [-0.3, -0.25) is 56.6 Å². The molecular formula is C80H97BrN12O25. The molecular weight excluding hydrogens is 1610 g/mol. The number of aromatic hydroxyl groups is 3. The number of nitrogen functional groups attached to an aromatic ring is 1. The van der Waals surface area contributed by atoms with Gasteiger partial charge in [0, 0.05) is 69.8 Å². The Kier molecular flexibility index (Phi) is 30.9. The topological polar surface area (TPSA) is 486 Å². The van der Waals surface area contributed by atoms with Crippen molar-refractivity contribution in [2.45, 2.75) is 213 Å². The molecule has 118 heavy (non-hydrogen) atoms. The van der Waals surface area contributed by atoms with Gasteiger partial charge in [-0.1, -0.05) is 34.1 Å². The first kappa shape index (κ1) is 92.6. The number of nitrogens with zero attached hydrogens (tertiary/aromatic N) is 10. The summed E-state index contributed by atoms with van der Waals surface area (Å²) in [6.07, 6.45) is 8.60. The smallest absolute Gasteiger partial charge is 0.424 e. The molecule has 4 aromatic carbocycles. The number of phenols is 3. The van der Waals surface area contributed by atoms with E-state index in [0.717, 1.165) is 34.5 Å². The average molecular weight is 1710 g/mol. The molecule has 4 atom stereocenters. The number of anilines is 2. The molecule has 4 aromatic heterocycles. The summed E-state index contributed by atoms with van der Waals surface area (Å²) in [5.41, 5.74) is 6.91. The van der Waals surface area contributed by atoms with Gasteiger partial charge in [0.2, 0.25) is 23.6 Å². The largest absolute Gasteiger partial charge is 0.508 e. The third kappa shape index (κ3) is 25.4. The van der Waals surface area contributed by atoms with Crippen molar-refractivity contribution in [2.24, 2.45) is 0 Å². The molecule has 37 nitrogen and oxygen atoms in total. The number of nitrogens with two attached hydrogens (primary N) is 1. The Balaban J connectivity index is 0.000000199. The molecule has 4 unspecified atom stereocenters. The number of piperidine rings is 4. The van der Waals surface area contributed by atoms with Crippen LogP contribution < -0.4 is 22.6 Å². The van der Waals surface area contributed by atoms with Gasteiger partial charge < -0.3 is 58.9 Å². The quantitative estimate of drug-likeness (QED) is 0.0359. The van der Waals surface area contributed by atoms with E-state index >= 15 is 0 Å². The molecule has 5 saturated heterocycles. The van der Waals surface area contributed by atoms with Crippen LogP contribution in [0.15, 0.2) is 129 Å².